The first-order valence-corrected chi connectivity index (χ1v) is 7.68. The number of halogens is 3. The van der Waals surface area contributed by atoms with Gasteiger partial charge in [0.05, 0.1) is 16.8 Å². The Bertz CT molecular complexity index is 982. The van der Waals surface area contributed by atoms with Gasteiger partial charge >= 0.3 is 5.51 Å². The van der Waals surface area contributed by atoms with E-state index in [2.05, 4.69) is 0 Å². The van der Waals surface area contributed by atoms with Crippen LogP contribution in [0, 0.1) is 6.92 Å². The number of carbonyl (C=O) groups excluding carboxylic acids is 2. The molecular formula is C15H10F3N3O3S. The van der Waals surface area contributed by atoms with Crippen LogP contribution in [0.1, 0.15) is 26.3 Å². The lowest BCUT2D eigenvalue weighted by Gasteiger charge is -2.15. The topological polar surface area (TPSA) is 94.2 Å². The number of hydrogen-bond acceptors (Lipinski definition) is 5. The van der Waals surface area contributed by atoms with Crippen LogP contribution in [-0.2, 0) is 0 Å². The molecule has 1 aliphatic heterocycles. The Morgan fingerprint density at radius 1 is 1.12 bits per heavy atom. The van der Waals surface area contributed by atoms with Gasteiger partial charge < -0.3 is 5.73 Å². The number of amides is 2. The highest BCUT2D eigenvalue weighted by atomic mass is 32.2. The van der Waals surface area contributed by atoms with E-state index in [4.69, 9.17) is 5.73 Å². The van der Waals surface area contributed by atoms with E-state index in [0.717, 1.165) is 16.7 Å². The van der Waals surface area contributed by atoms with E-state index in [1.54, 1.807) is 6.92 Å². The maximum atomic E-state index is 12.6. The summed E-state index contributed by atoms with van der Waals surface area (Å²) in [6.07, 6.45) is 0. The number of fused-ring (bicyclic) bond motifs is 1. The number of thioether (sulfide) groups is 1. The van der Waals surface area contributed by atoms with Gasteiger partial charge in [-0.1, -0.05) is 6.07 Å². The molecule has 1 aromatic carbocycles. The first-order valence-electron chi connectivity index (χ1n) is 6.86. The van der Waals surface area contributed by atoms with E-state index >= 15 is 0 Å². The summed E-state index contributed by atoms with van der Waals surface area (Å²) < 4.78 is 38.7. The molecule has 0 bridgehead atoms. The summed E-state index contributed by atoms with van der Waals surface area (Å²) >= 11 is -0.333. The molecular weight excluding hydrogens is 359 g/mol. The summed E-state index contributed by atoms with van der Waals surface area (Å²) in [6.45, 7) is 1.59. The number of hydrogen-bond donors (Lipinski definition) is 2. The zero-order valence-corrected chi connectivity index (χ0v) is 13.4. The molecule has 0 aliphatic carbocycles. The maximum Gasteiger partial charge on any atom is 0.446 e. The highest BCUT2D eigenvalue weighted by Crippen LogP contribution is 2.38. The number of benzene rings is 1. The average molecular weight is 369 g/mol. The third kappa shape index (κ3) is 3.00. The van der Waals surface area contributed by atoms with E-state index in [-0.39, 0.29) is 39.3 Å². The lowest BCUT2D eigenvalue weighted by molar-refractivity contribution is -0.0328. The van der Waals surface area contributed by atoms with Crippen molar-refractivity contribution < 1.29 is 22.8 Å². The Morgan fingerprint density at radius 2 is 1.80 bits per heavy atom. The lowest BCUT2D eigenvalue weighted by Crippen LogP contribution is -2.24. The van der Waals surface area contributed by atoms with Crippen molar-refractivity contribution in [1.29, 1.82) is 0 Å². The SMILES string of the molecule is Cc1ccc(SC(F)(F)F)cc1-n1c(N)c2c(cc1=O)C(=O)NC2=O. The second-order valence-electron chi connectivity index (χ2n) is 5.27. The first-order chi connectivity index (χ1) is 11.6. The molecule has 3 N–H and O–H groups in total. The molecule has 0 fully saturated rings. The maximum absolute atomic E-state index is 12.6. The predicted molar refractivity (Wildman–Crippen MR) is 84.9 cm³/mol. The van der Waals surface area contributed by atoms with Gasteiger partial charge in [0.2, 0.25) is 0 Å². The van der Waals surface area contributed by atoms with Gasteiger partial charge in [-0.15, -0.1) is 0 Å². The van der Waals surface area contributed by atoms with Crippen molar-refractivity contribution in [3.63, 3.8) is 0 Å². The number of pyridine rings is 1. The molecule has 1 aliphatic rings. The molecule has 2 heterocycles. The van der Waals surface area contributed by atoms with Crippen LogP contribution in [0.5, 0.6) is 0 Å². The van der Waals surface area contributed by atoms with Crippen LogP contribution in [0.3, 0.4) is 0 Å². The lowest BCUT2D eigenvalue weighted by atomic mass is 10.1. The fourth-order valence-electron chi connectivity index (χ4n) is 2.56. The van der Waals surface area contributed by atoms with Gasteiger partial charge in [-0.05, 0) is 36.4 Å². The molecule has 0 unspecified atom stereocenters. The summed E-state index contributed by atoms with van der Waals surface area (Å²) in [7, 11) is 0. The normalized spacial score (nSPS) is 13.8. The minimum absolute atomic E-state index is 0.103. The summed E-state index contributed by atoms with van der Waals surface area (Å²) in [5, 5.41) is 2.02. The summed E-state index contributed by atoms with van der Waals surface area (Å²) in [5.41, 5.74) is 0.932. The molecule has 0 saturated heterocycles. The van der Waals surface area contributed by atoms with Crippen LogP contribution in [0.4, 0.5) is 19.0 Å². The van der Waals surface area contributed by atoms with E-state index < -0.39 is 22.9 Å². The summed E-state index contributed by atoms with van der Waals surface area (Å²) in [5.74, 6) is -1.80. The third-order valence-corrected chi connectivity index (χ3v) is 4.33. The zero-order chi connectivity index (χ0) is 18.5. The summed E-state index contributed by atoms with van der Waals surface area (Å²) in [6, 6.07) is 4.77. The molecule has 3 rings (SSSR count). The number of anilines is 1. The van der Waals surface area contributed by atoms with Gasteiger partial charge in [0, 0.05) is 11.0 Å². The van der Waals surface area contributed by atoms with Crippen LogP contribution < -0.4 is 16.6 Å². The van der Waals surface area contributed by atoms with Crippen molar-refractivity contribution in [3.05, 3.63) is 51.3 Å². The number of rotatable bonds is 2. The molecule has 25 heavy (non-hydrogen) atoms. The monoisotopic (exact) mass is 369 g/mol. The van der Waals surface area contributed by atoms with Gasteiger partial charge in [-0.25, -0.2) is 0 Å². The van der Waals surface area contributed by atoms with Crippen molar-refractivity contribution in [2.75, 3.05) is 5.73 Å². The molecule has 130 valence electrons. The largest absolute Gasteiger partial charge is 0.446 e. The number of aromatic nitrogens is 1. The molecule has 0 atom stereocenters. The van der Waals surface area contributed by atoms with E-state index in [1.165, 1.54) is 12.1 Å². The van der Waals surface area contributed by atoms with Crippen LogP contribution in [0.2, 0.25) is 0 Å². The van der Waals surface area contributed by atoms with Gasteiger partial charge in [-0.2, -0.15) is 13.2 Å². The van der Waals surface area contributed by atoms with E-state index in [0.29, 0.717) is 5.56 Å². The number of nitrogens with zero attached hydrogens (tertiary/aromatic N) is 1. The van der Waals surface area contributed by atoms with Crippen molar-refractivity contribution >= 4 is 29.4 Å². The van der Waals surface area contributed by atoms with E-state index in [1.807, 2.05) is 5.32 Å². The highest BCUT2D eigenvalue weighted by Gasteiger charge is 2.33. The second-order valence-corrected chi connectivity index (χ2v) is 6.41. The standard InChI is InChI=1S/C15H10F3N3O3S/c1-6-2-3-7(25-15(16,17)18)4-9(6)21-10(22)5-8-11(12(21)19)14(24)20-13(8)23/h2-5H,19H2,1H3,(H,20,23,24). The van der Waals surface area contributed by atoms with E-state index in [9.17, 15) is 27.6 Å². The van der Waals surface area contributed by atoms with Crippen LogP contribution in [0.25, 0.3) is 5.69 Å². The van der Waals surface area contributed by atoms with Crippen LogP contribution in [0.15, 0.2) is 34.0 Å². The summed E-state index contributed by atoms with van der Waals surface area (Å²) in [4.78, 5) is 35.7. The van der Waals surface area contributed by atoms with Crippen LogP contribution >= 0.6 is 11.8 Å². The molecule has 1 aromatic heterocycles. The first kappa shape index (κ1) is 17.1. The minimum atomic E-state index is -4.49. The van der Waals surface area contributed by atoms with Crippen molar-refractivity contribution in [1.82, 2.24) is 9.88 Å². The molecule has 2 aromatic rings. The van der Waals surface area contributed by atoms with Crippen LogP contribution in [-0.4, -0.2) is 21.9 Å². The van der Waals surface area contributed by atoms with Gasteiger partial charge in [0.15, 0.2) is 0 Å². The Labute approximate surface area is 142 Å². The molecule has 6 nitrogen and oxygen atoms in total. The van der Waals surface area contributed by atoms with Crippen molar-refractivity contribution in [2.24, 2.45) is 0 Å². The number of nitrogen functional groups attached to an aromatic ring is 1. The number of nitrogens with two attached hydrogens (primary N) is 1. The number of imide groups is 1. The molecule has 0 saturated carbocycles. The Kier molecular flexibility index (Phi) is 3.87. The van der Waals surface area contributed by atoms with Gasteiger partial charge in [0.1, 0.15) is 5.82 Å². The number of nitrogens with one attached hydrogen (secondary N) is 1. The number of alkyl halides is 3. The fraction of sp³-hybridized carbons (Fsp3) is 0.133. The van der Waals surface area contributed by atoms with Gasteiger partial charge in [0.25, 0.3) is 17.4 Å². The number of aryl methyl sites for hydroxylation is 1. The molecule has 10 heteroatoms. The minimum Gasteiger partial charge on any atom is -0.384 e. The second kappa shape index (κ2) is 5.66. The highest BCUT2D eigenvalue weighted by molar-refractivity contribution is 8.00. The van der Waals surface area contributed by atoms with Crippen molar-refractivity contribution in [2.45, 2.75) is 17.3 Å². The smallest absolute Gasteiger partial charge is 0.384 e. The van der Waals surface area contributed by atoms with Crippen molar-refractivity contribution in [3.8, 4) is 5.69 Å². The Hall–Kier alpha value is -2.75. The van der Waals surface area contributed by atoms with Gasteiger partial charge in [-0.3, -0.25) is 24.3 Å². The molecule has 0 radical (unpaired) electrons. The quantitative estimate of drug-likeness (QED) is 0.625. The number of carbonyl (C=O) groups is 2. The molecule has 0 spiro atoms. The average Bonchev–Trinajstić information content (AvgIpc) is 2.75. The Balaban J connectivity index is 2.23. The zero-order valence-electron chi connectivity index (χ0n) is 12.6. The predicted octanol–water partition coefficient (Wildman–Crippen LogP) is 2.22. The Morgan fingerprint density at radius 3 is 2.44 bits per heavy atom. The third-order valence-electron chi connectivity index (χ3n) is 3.61. The fourth-order valence-corrected chi connectivity index (χ4v) is 3.13. The molecule has 2 amide bonds.